The van der Waals surface area contributed by atoms with Crippen molar-refractivity contribution in [1.82, 2.24) is 0 Å². The molecule has 2 aliphatic rings. The predicted molar refractivity (Wildman–Crippen MR) is 82.6 cm³/mol. The van der Waals surface area contributed by atoms with E-state index in [1.807, 2.05) is 6.07 Å². The van der Waals surface area contributed by atoms with Gasteiger partial charge in [0.1, 0.15) is 0 Å². The van der Waals surface area contributed by atoms with Gasteiger partial charge in [-0.25, -0.2) is 0 Å². The Kier molecular flexibility index (Phi) is 2.64. The lowest BCUT2D eigenvalue weighted by Gasteiger charge is -2.32. The van der Waals surface area contributed by atoms with Gasteiger partial charge < -0.3 is 20.1 Å². The molecule has 1 aliphatic heterocycles. The summed E-state index contributed by atoms with van der Waals surface area (Å²) in [6.07, 6.45) is 3.31. The van der Waals surface area contributed by atoms with Crippen molar-refractivity contribution in [2.75, 3.05) is 0 Å². The Bertz CT molecular complexity index is 894. The molecule has 22 heavy (non-hydrogen) atoms. The molecule has 4 heteroatoms. The SMILES string of the molecule is C=c1ccc2c(c1O)Oc1c(ccc(O)c1O)C=2C1CCC1. The third-order valence-electron chi connectivity index (χ3n) is 4.62. The average Bonchev–Trinajstić information content (AvgIpc) is 2.45. The van der Waals surface area contributed by atoms with E-state index in [2.05, 4.69) is 6.58 Å². The number of phenolic OH excluding ortho intramolecular Hbond substituents is 3. The first kappa shape index (κ1) is 13.1. The number of aromatic hydroxyl groups is 3. The van der Waals surface area contributed by atoms with Gasteiger partial charge in [-0.2, -0.15) is 0 Å². The summed E-state index contributed by atoms with van der Waals surface area (Å²) in [4.78, 5) is 0. The third kappa shape index (κ3) is 1.64. The van der Waals surface area contributed by atoms with Crippen LogP contribution in [0.1, 0.15) is 24.8 Å². The number of benzene rings is 2. The molecule has 0 amide bonds. The van der Waals surface area contributed by atoms with Gasteiger partial charge in [0.15, 0.2) is 23.0 Å². The Morgan fingerprint density at radius 3 is 2.41 bits per heavy atom. The molecule has 0 aromatic heterocycles. The van der Waals surface area contributed by atoms with Crippen molar-refractivity contribution in [1.29, 1.82) is 0 Å². The Labute approximate surface area is 127 Å². The number of hydrogen-bond donors (Lipinski definition) is 3. The number of ether oxygens (including phenoxy) is 1. The smallest absolute Gasteiger partial charge is 0.201 e. The summed E-state index contributed by atoms with van der Waals surface area (Å²) in [6, 6.07) is 6.90. The van der Waals surface area contributed by atoms with Crippen LogP contribution in [-0.2, 0) is 0 Å². The van der Waals surface area contributed by atoms with Crippen molar-refractivity contribution in [2.45, 2.75) is 19.3 Å². The van der Waals surface area contributed by atoms with Crippen LogP contribution in [0, 0.1) is 5.92 Å². The Morgan fingerprint density at radius 1 is 0.955 bits per heavy atom. The third-order valence-corrected chi connectivity index (χ3v) is 4.62. The van der Waals surface area contributed by atoms with E-state index in [1.165, 1.54) is 12.5 Å². The fourth-order valence-electron chi connectivity index (χ4n) is 3.19. The minimum atomic E-state index is -0.297. The van der Waals surface area contributed by atoms with E-state index in [-0.39, 0.29) is 23.0 Å². The number of fused-ring (bicyclic) bond motifs is 2. The molecule has 4 rings (SSSR count). The molecular formula is C18H16O4. The van der Waals surface area contributed by atoms with E-state index in [4.69, 9.17) is 4.74 Å². The van der Waals surface area contributed by atoms with Gasteiger partial charge in [0.25, 0.3) is 0 Å². The lowest BCUT2D eigenvalue weighted by molar-refractivity contribution is 0.351. The zero-order valence-corrected chi connectivity index (χ0v) is 12.0. The lowest BCUT2D eigenvalue weighted by atomic mass is 9.75. The standard InChI is InChI=1S/C18H16O4/c1-9-5-6-11-14(10-3-2-4-10)12-7-8-13(19)16(21)18(12)22-17(11)15(9)20/h5-8,10,19-21H,1-4H2. The lowest BCUT2D eigenvalue weighted by Crippen LogP contribution is -2.26. The average molecular weight is 296 g/mol. The molecular weight excluding hydrogens is 280 g/mol. The van der Waals surface area contributed by atoms with Crippen molar-refractivity contribution >= 4 is 12.2 Å². The first-order valence-corrected chi connectivity index (χ1v) is 7.36. The highest BCUT2D eigenvalue weighted by Crippen LogP contribution is 2.49. The predicted octanol–water partition coefficient (Wildman–Crippen LogP) is 2.32. The first-order chi connectivity index (χ1) is 10.6. The van der Waals surface area contributed by atoms with Gasteiger partial charge in [0.2, 0.25) is 5.75 Å². The second-order valence-electron chi connectivity index (χ2n) is 5.90. The van der Waals surface area contributed by atoms with Crippen molar-refractivity contribution in [3.8, 4) is 28.7 Å². The molecule has 112 valence electrons. The second-order valence-corrected chi connectivity index (χ2v) is 5.90. The van der Waals surface area contributed by atoms with Gasteiger partial charge in [0, 0.05) is 16.0 Å². The monoisotopic (exact) mass is 296 g/mol. The van der Waals surface area contributed by atoms with Crippen LogP contribution in [0.15, 0.2) is 24.3 Å². The van der Waals surface area contributed by atoms with E-state index in [0.29, 0.717) is 16.9 Å². The maximum absolute atomic E-state index is 10.3. The molecule has 2 aromatic rings. The molecule has 0 spiro atoms. The van der Waals surface area contributed by atoms with Crippen LogP contribution in [0.2, 0.25) is 0 Å². The highest BCUT2D eigenvalue weighted by atomic mass is 16.5. The molecule has 0 atom stereocenters. The van der Waals surface area contributed by atoms with E-state index in [9.17, 15) is 15.3 Å². The largest absolute Gasteiger partial charge is 0.504 e. The van der Waals surface area contributed by atoms with Gasteiger partial charge in [-0.15, -0.1) is 0 Å². The summed E-state index contributed by atoms with van der Waals surface area (Å²) in [5.41, 5.74) is 1.84. The normalized spacial score (nSPS) is 16.5. The van der Waals surface area contributed by atoms with Crippen LogP contribution in [0.5, 0.6) is 28.7 Å². The van der Waals surface area contributed by atoms with E-state index in [1.54, 1.807) is 12.1 Å². The minimum Gasteiger partial charge on any atom is -0.504 e. The summed E-state index contributed by atoms with van der Waals surface area (Å²) in [5.74, 6) is 0.329. The zero-order chi connectivity index (χ0) is 15.4. The van der Waals surface area contributed by atoms with Gasteiger partial charge in [0.05, 0.1) is 0 Å². The summed E-state index contributed by atoms with van der Waals surface area (Å²) < 4.78 is 5.73. The molecule has 1 saturated carbocycles. The van der Waals surface area contributed by atoms with Crippen LogP contribution >= 0.6 is 0 Å². The van der Waals surface area contributed by atoms with E-state index < -0.39 is 0 Å². The van der Waals surface area contributed by atoms with Crippen molar-refractivity contribution in [2.24, 2.45) is 5.92 Å². The molecule has 0 radical (unpaired) electrons. The summed E-state index contributed by atoms with van der Waals surface area (Å²) in [5, 5.41) is 31.4. The van der Waals surface area contributed by atoms with Crippen molar-refractivity contribution < 1.29 is 20.1 Å². The van der Waals surface area contributed by atoms with Gasteiger partial charge in [-0.3, -0.25) is 0 Å². The Balaban J connectivity index is 2.12. The van der Waals surface area contributed by atoms with E-state index in [0.717, 1.165) is 29.2 Å². The fraction of sp³-hybridized carbons (Fsp3) is 0.222. The molecule has 1 fully saturated rings. The van der Waals surface area contributed by atoms with Crippen LogP contribution in [-0.4, -0.2) is 15.3 Å². The van der Waals surface area contributed by atoms with Gasteiger partial charge >= 0.3 is 0 Å². The minimum absolute atomic E-state index is 0.0253. The quantitative estimate of drug-likeness (QED) is 0.706. The van der Waals surface area contributed by atoms with Crippen LogP contribution in [0.4, 0.5) is 0 Å². The molecule has 1 heterocycles. The Hall–Kier alpha value is -2.62. The molecule has 0 saturated heterocycles. The maximum Gasteiger partial charge on any atom is 0.201 e. The van der Waals surface area contributed by atoms with Crippen LogP contribution < -0.4 is 15.2 Å². The van der Waals surface area contributed by atoms with Crippen molar-refractivity contribution in [3.63, 3.8) is 0 Å². The molecule has 1 aliphatic carbocycles. The van der Waals surface area contributed by atoms with Gasteiger partial charge in [-0.1, -0.05) is 25.1 Å². The summed E-state index contributed by atoms with van der Waals surface area (Å²) in [7, 11) is 0. The summed E-state index contributed by atoms with van der Waals surface area (Å²) >= 11 is 0. The molecule has 0 unspecified atom stereocenters. The zero-order valence-electron chi connectivity index (χ0n) is 12.0. The van der Waals surface area contributed by atoms with Crippen molar-refractivity contribution in [3.05, 3.63) is 40.3 Å². The number of hydrogen-bond acceptors (Lipinski definition) is 4. The van der Waals surface area contributed by atoms with Crippen LogP contribution in [0.25, 0.3) is 12.2 Å². The number of phenols is 3. The highest BCUT2D eigenvalue weighted by molar-refractivity contribution is 5.80. The molecule has 0 bridgehead atoms. The second kappa shape index (κ2) is 4.44. The fourth-order valence-corrected chi connectivity index (χ4v) is 3.19. The molecule has 2 aromatic carbocycles. The van der Waals surface area contributed by atoms with E-state index >= 15 is 0 Å². The van der Waals surface area contributed by atoms with Gasteiger partial charge in [-0.05, 0) is 36.5 Å². The Morgan fingerprint density at radius 2 is 1.73 bits per heavy atom. The highest BCUT2D eigenvalue weighted by Gasteiger charge is 2.32. The number of rotatable bonds is 1. The molecule has 3 N–H and O–H groups in total. The molecule has 4 nitrogen and oxygen atoms in total. The van der Waals surface area contributed by atoms with Crippen LogP contribution in [0.3, 0.4) is 0 Å². The topological polar surface area (TPSA) is 69.9 Å². The summed E-state index contributed by atoms with van der Waals surface area (Å²) in [6.45, 7) is 3.78. The first-order valence-electron chi connectivity index (χ1n) is 7.36. The maximum atomic E-state index is 10.3.